The standard InChI is InChI=1S/C13H10ClN3OS/c14-10-5-4-9(8-18)11(7-10)19-13-16-15-12-3-1-2-6-17(12)13/h1-7,18H,8H2. The minimum Gasteiger partial charge on any atom is -0.392 e. The highest BCUT2D eigenvalue weighted by molar-refractivity contribution is 7.99. The average Bonchev–Trinajstić information content (AvgIpc) is 2.83. The molecule has 4 nitrogen and oxygen atoms in total. The van der Waals surface area contributed by atoms with Crippen LogP contribution >= 0.6 is 23.4 Å². The number of fused-ring (bicyclic) bond motifs is 1. The molecule has 3 rings (SSSR count). The Hall–Kier alpha value is -1.56. The largest absolute Gasteiger partial charge is 0.392 e. The topological polar surface area (TPSA) is 50.4 Å². The van der Waals surface area contributed by atoms with Gasteiger partial charge in [0.15, 0.2) is 10.8 Å². The fraction of sp³-hybridized carbons (Fsp3) is 0.0769. The molecule has 0 aliphatic carbocycles. The van der Waals surface area contributed by atoms with Crippen LogP contribution in [0.4, 0.5) is 0 Å². The summed E-state index contributed by atoms with van der Waals surface area (Å²) in [5.41, 5.74) is 1.61. The lowest BCUT2D eigenvalue weighted by Crippen LogP contribution is -1.90. The van der Waals surface area contributed by atoms with Gasteiger partial charge in [-0.3, -0.25) is 4.40 Å². The van der Waals surface area contributed by atoms with E-state index in [1.165, 1.54) is 11.8 Å². The van der Waals surface area contributed by atoms with Crippen molar-refractivity contribution < 1.29 is 5.11 Å². The number of hydrogen-bond donors (Lipinski definition) is 1. The van der Waals surface area contributed by atoms with Gasteiger partial charge in [0, 0.05) is 16.1 Å². The predicted octanol–water partition coefficient (Wildman–Crippen LogP) is 3.03. The van der Waals surface area contributed by atoms with Crippen LogP contribution < -0.4 is 0 Å². The highest BCUT2D eigenvalue weighted by atomic mass is 35.5. The summed E-state index contributed by atoms with van der Waals surface area (Å²) < 4.78 is 1.90. The molecule has 0 bridgehead atoms. The Kier molecular flexibility index (Phi) is 3.42. The molecule has 0 atom stereocenters. The molecule has 1 N–H and O–H groups in total. The van der Waals surface area contributed by atoms with E-state index in [0.29, 0.717) is 5.02 Å². The first-order valence-electron chi connectivity index (χ1n) is 5.65. The van der Waals surface area contributed by atoms with Crippen molar-refractivity contribution in [3.8, 4) is 0 Å². The highest BCUT2D eigenvalue weighted by Gasteiger charge is 2.10. The number of nitrogens with zero attached hydrogens (tertiary/aromatic N) is 3. The lowest BCUT2D eigenvalue weighted by molar-refractivity contribution is 0.279. The Labute approximate surface area is 119 Å². The molecule has 0 spiro atoms. The number of hydrogen-bond acceptors (Lipinski definition) is 4. The van der Waals surface area contributed by atoms with Gasteiger partial charge in [-0.05, 0) is 41.6 Å². The Morgan fingerprint density at radius 3 is 2.95 bits per heavy atom. The molecule has 19 heavy (non-hydrogen) atoms. The van der Waals surface area contributed by atoms with Gasteiger partial charge in [-0.25, -0.2) is 0 Å². The number of aliphatic hydroxyl groups is 1. The van der Waals surface area contributed by atoms with E-state index >= 15 is 0 Å². The summed E-state index contributed by atoms with van der Waals surface area (Å²) in [5, 5.41) is 19.0. The van der Waals surface area contributed by atoms with Crippen molar-refractivity contribution in [1.82, 2.24) is 14.6 Å². The van der Waals surface area contributed by atoms with Crippen molar-refractivity contribution in [3.05, 3.63) is 53.2 Å². The van der Waals surface area contributed by atoms with E-state index in [2.05, 4.69) is 10.2 Å². The highest BCUT2D eigenvalue weighted by Crippen LogP contribution is 2.31. The first kappa shape index (κ1) is 12.5. The molecule has 0 saturated heterocycles. The zero-order valence-electron chi connectivity index (χ0n) is 9.82. The van der Waals surface area contributed by atoms with Gasteiger partial charge < -0.3 is 5.11 Å². The van der Waals surface area contributed by atoms with Gasteiger partial charge in [-0.1, -0.05) is 23.7 Å². The predicted molar refractivity (Wildman–Crippen MR) is 74.5 cm³/mol. The minimum atomic E-state index is -0.0315. The van der Waals surface area contributed by atoms with Crippen molar-refractivity contribution in [2.75, 3.05) is 0 Å². The first-order chi connectivity index (χ1) is 9.28. The molecule has 0 radical (unpaired) electrons. The van der Waals surface area contributed by atoms with Crippen molar-refractivity contribution in [3.63, 3.8) is 0 Å². The van der Waals surface area contributed by atoms with E-state index < -0.39 is 0 Å². The van der Waals surface area contributed by atoms with Crippen LogP contribution in [0.3, 0.4) is 0 Å². The van der Waals surface area contributed by atoms with Crippen molar-refractivity contribution in [1.29, 1.82) is 0 Å². The van der Waals surface area contributed by atoms with E-state index in [9.17, 15) is 5.11 Å². The number of benzene rings is 1. The second kappa shape index (κ2) is 5.21. The number of halogens is 1. The quantitative estimate of drug-likeness (QED) is 0.806. The lowest BCUT2D eigenvalue weighted by atomic mass is 10.2. The van der Waals surface area contributed by atoms with E-state index in [1.807, 2.05) is 40.9 Å². The second-order valence-electron chi connectivity index (χ2n) is 3.92. The Morgan fingerprint density at radius 1 is 1.21 bits per heavy atom. The van der Waals surface area contributed by atoms with E-state index in [-0.39, 0.29) is 6.61 Å². The van der Waals surface area contributed by atoms with Gasteiger partial charge in [-0.15, -0.1) is 10.2 Å². The van der Waals surface area contributed by atoms with Crippen molar-refractivity contribution in [2.45, 2.75) is 16.7 Å². The summed E-state index contributed by atoms with van der Waals surface area (Å²) in [7, 11) is 0. The van der Waals surface area contributed by atoms with Gasteiger partial charge in [0.05, 0.1) is 6.61 Å². The van der Waals surface area contributed by atoms with Crippen molar-refractivity contribution >= 4 is 29.0 Å². The van der Waals surface area contributed by atoms with Crippen LogP contribution in [0.1, 0.15) is 5.56 Å². The number of aliphatic hydroxyl groups excluding tert-OH is 1. The van der Waals surface area contributed by atoms with Crippen LogP contribution in [0.2, 0.25) is 5.02 Å². The summed E-state index contributed by atoms with van der Waals surface area (Å²) in [4.78, 5) is 0.883. The molecule has 0 aliphatic heterocycles. The van der Waals surface area contributed by atoms with Crippen LogP contribution in [0.25, 0.3) is 5.65 Å². The molecule has 0 amide bonds. The summed E-state index contributed by atoms with van der Waals surface area (Å²) in [6.45, 7) is -0.0315. The number of aromatic nitrogens is 3. The SMILES string of the molecule is OCc1ccc(Cl)cc1Sc1nnc2ccccn12. The van der Waals surface area contributed by atoms with Crippen LogP contribution in [-0.4, -0.2) is 19.7 Å². The summed E-state index contributed by atoms with van der Waals surface area (Å²) >= 11 is 7.43. The van der Waals surface area contributed by atoms with E-state index in [4.69, 9.17) is 11.6 Å². The van der Waals surface area contributed by atoms with Gasteiger partial charge in [0.2, 0.25) is 0 Å². The molecule has 1 aromatic carbocycles. The fourth-order valence-electron chi connectivity index (χ4n) is 1.74. The van der Waals surface area contributed by atoms with Gasteiger partial charge in [0.1, 0.15) is 0 Å². The summed E-state index contributed by atoms with van der Waals surface area (Å²) in [6, 6.07) is 11.1. The summed E-state index contributed by atoms with van der Waals surface area (Å²) in [6.07, 6.45) is 1.90. The van der Waals surface area contributed by atoms with Crippen LogP contribution in [-0.2, 0) is 6.61 Å². The molecule has 96 valence electrons. The molecule has 3 aromatic rings. The Balaban J connectivity index is 2.03. The van der Waals surface area contributed by atoms with Crippen LogP contribution in [0.15, 0.2) is 52.6 Å². The molecule has 2 heterocycles. The minimum absolute atomic E-state index is 0.0315. The summed E-state index contributed by atoms with van der Waals surface area (Å²) in [5.74, 6) is 0. The second-order valence-corrected chi connectivity index (χ2v) is 5.37. The van der Waals surface area contributed by atoms with Gasteiger partial charge >= 0.3 is 0 Å². The smallest absolute Gasteiger partial charge is 0.200 e. The normalized spacial score (nSPS) is 11.1. The Morgan fingerprint density at radius 2 is 2.11 bits per heavy atom. The number of rotatable bonds is 3. The van der Waals surface area contributed by atoms with E-state index in [0.717, 1.165) is 21.3 Å². The van der Waals surface area contributed by atoms with E-state index in [1.54, 1.807) is 6.07 Å². The third-order valence-corrected chi connectivity index (χ3v) is 3.98. The number of pyridine rings is 1. The third-order valence-electron chi connectivity index (χ3n) is 2.68. The monoisotopic (exact) mass is 291 g/mol. The molecular formula is C13H10ClN3OS. The van der Waals surface area contributed by atoms with Crippen LogP contribution in [0, 0.1) is 0 Å². The molecule has 0 saturated carbocycles. The van der Waals surface area contributed by atoms with Crippen LogP contribution in [0.5, 0.6) is 0 Å². The zero-order valence-corrected chi connectivity index (χ0v) is 11.4. The zero-order chi connectivity index (χ0) is 13.2. The third kappa shape index (κ3) is 2.45. The van der Waals surface area contributed by atoms with Gasteiger partial charge in [0.25, 0.3) is 0 Å². The molecule has 2 aromatic heterocycles. The fourth-order valence-corrected chi connectivity index (χ4v) is 2.96. The first-order valence-corrected chi connectivity index (χ1v) is 6.84. The van der Waals surface area contributed by atoms with Crippen molar-refractivity contribution in [2.24, 2.45) is 0 Å². The maximum Gasteiger partial charge on any atom is 0.200 e. The maximum absolute atomic E-state index is 9.35. The maximum atomic E-state index is 9.35. The molecule has 6 heteroatoms. The van der Waals surface area contributed by atoms with Gasteiger partial charge in [-0.2, -0.15) is 0 Å². The lowest BCUT2D eigenvalue weighted by Gasteiger charge is -2.06. The molecule has 0 unspecified atom stereocenters. The molecular weight excluding hydrogens is 282 g/mol. The molecule has 0 fully saturated rings. The Bertz CT molecular complexity index is 729. The average molecular weight is 292 g/mol. The molecule has 0 aliphatic rings.